The zero-order chi connectivity index (χ0) is 14.8. The number of pyridine rings is 1. The molecule has 110 valence electrons. The van der Waals surface area contributed by atoms with Crippen LogP contribution in [0.25, 0.3) is 0 Å². The van der Waals surface area contributed by atoms with Gasteiger partial charge in [0.25, 0.3) is 5.91 Å². The molecule has 1 aromatic rings. The average molecular weight is 287 g/mol. The quantitative estimate of drug-likeness (QED) is 0.905. The van der Waals surface area contributed by atoms with E-state index in [1.807, 2.05) is 6.92 Å². The summed E-state index contributed by atoms with van der Waals surface area (Å²) in [7, 11) is 0. The highest BCUT2D eigenvalue weighted by Gasteiger charge is 2.41. The predicted molar refractivity (Wildman–Crippen MR) is 68.5 cm³/mol. The van der Waals surface area contributed by atoms with Gasteiger partial charge in [0.2, 0.25) is 0 Å². The third kappa shape index (κ3) is 3.85. The summed E-state index contributed by atoms with van der Waals surface area (Å²) in [6.07, 6.45) is -1.69. The van der Waals surface area contributed by atoms with Gasteiger partial charge in [-0.15, -0.1) is 0 Å². The van der Waals surface area contributed by atoms with Crippen LogP contribution in [0.1, 0.15) is 30.3 Å². The fourth-order valence-corrected chi connectivity index (χ4v) is 1.92. The summed E-state index contributed by atoms with van der Waals surface area (Å²) < 4.78 is 37.5. The highest BCUT2D eigenvalue weighted by molar-refractivity contribution is 5.93. The Labute approximate surface area is 115 Å². The number of nitrogens with one attached hydrogen (secondary N) is 1. The Hall–Kier alpha value is -1.79. The van der Waals surface area contributed by atoms with E-state index in [0.717, 1.165) is 10.6 Å². The van der Waals surface area contributed by atoms with E-state index in [-0.39, 0.29) is 11.7 Å². The molecule has 4 nitrogen and oxygen atoms in total. The van der Waals surface area contributed by atoms with Crippen molar-refractivity contribution in [2.24, 2.45) is 0 Å². The minimum absolute atomic E-state index is 0.0443. The maximum Gasteiger partial charge on any atom is 0.406 e. The lowest BCUT2D eigenvalue weighted by Gasteiger charge is -2.23. The number of hydrogen-bond donors (Lipinski definition) is 1. The maximum absolute atomic E-state index is 12.5. The zero-order valence-electron chi connectivity index (χ0n) is 11.1. The molecule has 0 aliphatic heterocycles. The van der Waals surface area contributed by atoms with E-state index in [4.69, 9.17) is 0 Å². The third-order valence-corrected chi connectivity index (χ3v) is 2.96. The molecule has 1 aliphatic carbocycles. The van der Waals surface area contributed by atoms with Crippen molar-refractivity contribution in [2.75, 3.05) is 18.4 Å². The SMILES string of the molecule is CCNc1ccc(C(=O)N(CC(F)(F)F)C2CC2)nc1. The van der Waals surface area contributed by atoms with Crippen LogP contribution < -0.4 is 5.32 Å². The second-order valence-corrected chi connectivity index (χ2v) is 4.74. The second-order valence-electron chi connectivity index (χ2n) is 4.74. The van der Waals surface area contributed by atoms with Gasteiger partial charge < -0.3 is 10.2 Å². The summed E-state index contributed by atoms with van der Waals surface area (Å²) >= 11 is 0. The highest BCUT2D eigenvalue weighted by atomic mass is 19.4. The molecule has 1 saturated carbocycles. The summed E-state index contributed by atoms with van der Waals surface area (Å²) in [5, 5.41) is 3.01. The number of nitrogens with zero attached hydrogens (tertiary/aromatic N) is 2. The number of carbonyl (C=O) groups excluding carboxylic acids is 1. The number of carbonyl (C=O) groups is 1. The molecule has 1 heterocycles. The van der Waals surface area contributed by atoms with Gasteiger partial charge in [-0.3, -0.25) is 4.79 Å². The molecule has 1 aliphatic rings. The van der Waals surface area contributed by atoms with Crippen molar-refractivity contribution in [3.63, 3.8) is 0 Å². The van der Waals surface area contributed by atoms with Crippen molar-refractivity contribution >= 4 is 11.6 Å². The van der Waals surface area contributed by atoms with Gasteiger partial charge in [-0.2, -0.15) is 13.2 Å². The first-order valence-electron chi connectivity index (χ1n) is 6.48. The van der Waals surface area contributed by atoms with Crippen LogP contribution in [-0.2, 0) is 0 Å². The Morgan fingerprint density at radius 2 is 2.15 bits per heavy atom. The van der Waals surface area contributed by atoms with Crippen LogP contribution in [0.15, 0.2) is 18.3 Å². The van der Waals surface area contributed by atoms with Gasteiger partial charge in [0.1, 0.15) is 12.2 Å². The Balaban J connectivity index is 2.10. The molecule has 0 radical (unpaired) electrons. The van der Waals surface area contributed by atoms with Crippen molar-refractivity contribution in [1.29, 1.82) is 0 Å². The first-order chi connectivity index (χ1) is 9.40. The van der Waals surface area contributed by atoms with Gasteiger partial charge in [0, 0.05) is 12.6 Å². The van der Waals surface area contributed by atoms with Gasteiger partial charge in [-0.05, 0) is 31.9 Å². The molecule has 0 atom stereocenters. The predicted octanol–water partition coefficient (Wildman–Crippen LogP) is 2.68. The summed E-state index contributed by atoms with van der Waals surface area (Å²) in [5.41, 5.74) is 0.778. The van der Waals surface area contributed by atoms with Crippen LogP contribution in [0.3, 0.4) is 0 Å². The van der Waals surface area contributed by atoms with Crippen molar-refractivity contribution in [3.8, 4) is 0 Å². The Bertz CT molecular complexity index is 469. The van der Waals surface area contributed by atoms with E-state index in [2.05, 4.69) is 10.3 Å². The van der Waals surface area contributed by atoms with E-state index in [9.17, 15) is 18.0 Å². The number of alkyl halides is 3. The van der Waals surface area contributed by atoms with Gasteiger partial charge in [-0.25, -0.2) is 4.98 Å². The molecule has 1 amide bonds. The van der Waals surface area contributed by atoms with E-state index in [1.54, 1.807) is 6.07 Å². The van der Waals surface area contributed by atoms with E-state index in [1.165, 1.54) is 12.3 Å². The number of anilines is 1. The number of aromatic nitrogens is 1. The van der Waals surface area contributed by atoms with E-state index < -0.39 is 18.6 Å². The van der Waals surface area contributed by atoms with Crippen LogP contribution in [0.2, 0.25) is 0 Å². The summed E-state index contributed by atoms with van der Waals surface area (Å²) in [6, 6.07) is 2.79. The van der Waals surface area contributed by atoms with Gasteiger partial charge in [-0.1, -0.05) is 0 Å². The minimum Gasteiger partial charge on any atom is -0.384 e. The standard InChI is InChI=1S/C13H16F3N3O/c1-2-17-9-3-6-11(18-7-9)12(20)19(10-4-5-10)8-13(14,15)16/h3,6-7,10,17H,2,4-5,8H2,1H3. The topological polar surface area (TPSA) is 45.2 Å². The number of rotatable bonds is 5. The van der Waals surface area contributed by atoms with Gasteiger partial charge >= 0.3 is 6.18 Å². The molecule has 1 fully saturated rings. The Morgan fingerprint density at radius 3 is 2.60 bits per heavy atom. The van der Waals surface area contributed by atoms with Crippen LogP contribution in [0.5, 0.6) is 0 Å². The smallest absolute Gasteiger partial charge is 0.384 e. The summed E-state index contributed by atoms with van der Waals surface area (Å²) in [6.45, 7) is 1.40. The molecule has 20 heavy (non-hydrogen) atoms. The molecule has 1 aromatic heterocycles. The van der Waals surface area contributed by atoms with Crippen LogP contribution in [0, 0.1) is 0 Å². The average Bonchev–Trinajstić information content (AvgIpc) is 3.20. The van der Waals surface area contributed by atoms with Crippen LogP contribution in [0.4, 0.5) is 18.9 Å². The number of hydrogen-bond acceptors (Lipinski definition) is 3. The molecule has 2 rings (SSSR count). The largest absolute Gasteiger partial charge is 0.406 e. The van der Waals surface area contributed by atoms with Crippen LogP contribution >= 0.6 is 0 Å². The van der Waals surface area contributed by atoms with E-state index in [0.29, 0.717) is 19.4 Å². The highest BCUT2D eigenvalue weighted by Crippen LogP contribution is 2.31. The lowest BCUT2D eigenvalue weighted by atomic mass is 10.3. The molecule has 0 unspecified atom stereocenters. The molecule has 7 heteroatoms. The van der Waals surface area contributed by atoms with Crippen molar-refractivity contribution < 1.29 is 18.0 Å². The van der Waals surface area contributed by atoms with Crippen molar-refractivity contribution in [3.05, 3.63) is 24.0 Å². The fourth-order valence-electron chi connectivity index (χ4n) is 1.92. The maximum atomic E-state index is 12.5. The van der Waals surface area contributed by atoms with Gasteiger partial charge in [0.05, 0.1) is 11.9 Å². The monoisotopic (exact) mass is 287 g/mol. The first kappa shape index (κ1) is 14.6. The van der Waals surface area contributed by atoms with Crippen molar-refractivity contribution in [2.45, 2.75) is 32.0 Å². The van der Waals surface area contributed by atoms with Crippen molar-refractivity contribution in [1.82, 2.24) is 9.88 Å². The Morgan fingerprint density at radius 1 is 1.45 bits per heavy atom. The number of amides is 1. The fraction of sp³-hybridized carbons (Fsp3) is 0.538. The lowest BCUT2D eigenvalue weighted by Crippen LogP contribution is -2.40. The molecular weight excluding hydrogens is 271 g/mol. The lowest BCUT2D eigenvalue weighted by molar-refractivity contribution is -0.141. The minimum atomic E-state index is -4.39. The number of halogens is 3. The zero-order valence-corrected chi connectivity index (χ0v) is 11.1. The molecule has 0 aromatic carbocycles. The molecule has 0 bridgehead atoms. The molecule has 0 spiro atoms. The van der Waals surface area contributed by atoms with Gasteiger partial charge in [0.15, 0.2) is 0 Å². The summed E-state index contributed by atoms with van der Waals surface area (Å²) in [5.74, 6) is -0.659. The molecular formula is C13H16F3N3O. The molecule has 1 N–H and O–H groups in total. The van der Waals surface area contributed by atoms with Crippen LogP contribution in [-0.4, -0.2) is 41.1 Å². The summed E-state index contributed by atoms with van der Waals surface area (Å²) in [4.78, 5) is 16.9. The van der Waals surface area contributed by atoms with E-state index >= 15 is 0 Å². The normalized spacial score (nSPS) is 15.0. The second kappa shape index (κ2) is 5.68. The molecule has 0 saturated heterocycles. The Kier molecular flexibility index (Phi) is 4.15. The third-order valence-electron chi connectivity index (χ3n) is 2.96. The first-order valence-corrected chi connectivity index (χ1v) is 6.48.